The highest BCUT2D eigenvalue weighted by atomic mass is 32.2. The van der Waals surface area contributed by atoms with Crippen molar-refractivity contribution in [2.45, 2.75) is 16.7 Å². The summed E-state index contributed by atoms with van der Waals surface area (Å²) in [7, 11) is 5.93. The number of hydrogen-bond donors (Lipinski definition) is 0. The Morgan fingerprint density at radius 1 is 1.28 bits per heavy atom. The summed E-state index contributed by atoms with van der Waals surface area (Å²) in [6.07, 6.45) is 3.67. The molecule has 0 bridgehead atoms. The van der Waals surface area contributed by atoms with E-state index >= 15 is 0 Å². The first-order valence-corrected chi connectivity index (χ1v) is 6.47. The first-order chi connectivity index (χ1) is 8.75. The summed E-state index contributed by atoms with van der Waals surface area (Å²) in [5.41, 5.74) is 4.22. The zero-order chi connectivity index (χ0) is 12.3. The minimum atomic E-state index is 0.938. The van der Waals surface area contributed by atoms with Crippen LogP contribution in [0.3, 0.4) is 0 Å². The molecule has 0 fully saturated rings. The molecule has 2 radical (unpaired) electrons. The van der Waals surface area contributed by atoms with Gasteiger partial charge in [0.2, 0.25) is 0 Å². The molecule has 0 saturated carbocycles. The van der Waals surface area contributed by atoms with Gasteiger partial charge in [0, 0.05) is 33.1 Å². The molecule has 0 unspecified atom stereocenters. The van der Waals surface area contributed by atoms with Crippen LogP contribution in [-0.2, 0) is 0 Å². The molecule has 1 aliphatic rings. The summed E-state index contributed by atoms with van der Waals surface area (Å²) >= 11 is 1.77. The molecule has 0 spiro atoms. The van der Waals surface area contributed by atoms with Gasteiger partial charge < -0.3 is 4.59 Å². The number of hydrogen-bond acceptors (Lipinski definition) is 3. The Kier molecular flexibility index (Phi) is 1.92. The summed E-state index contributed by atoms with van der Waals surface area (Å²) < 4.78 is 1.45. The lowest BCUT2D eigenvalue weighted by atomic mass is 10.1. The van der Waals surface area contributed by atoms with Crippen LogP contribution in [0.4, 0.5) is 0 Å². The molecular formula is C13H8BN3S. The van der Waals surface area contributed by atoms with Gasteiger partial charge in [-0.25, -0.2) is 0 Å². The second kappa shape index (κ2) is 3.39. The Morgan fingerprint density at radius 3 is 3.06 bits per heavy atom. The van der Waals surface area contributed by atoms with E-state index in [0.717, 1.165) is 22.2 Å². The first kappa shape index (κ1) is 10.2. The van der Waals surface area contributed by atoms with Gasteiger partial charge >= 0.3 is 0 Å². The third kappa shape index (κ3) is 1.17. The molecule has 3 aromatic rings. The summed E-state index contributed by atoms with van der Waals surface area (Å²) in [4.78, 5) is 6.62. The number of benzene rings is 1. The van der Waals surface area contributed by atoms with E-state index < -0.39 is 0 Å². The average molecular weight is 249 g/mol. The molecule has 3 heterocycles. The van der Waals surface area contributed by atoms with E-state index in [1.165, 1.54) is 19.9 Å². The highest BCUT2D eigenvalue weighted by molar-refractivity contribution is 7.99. The molecule has 84 valence electrons. The quantitative estimate of drug-likeness (QED) is 0.449. The van der Waals surface area contributed by atoms with Gasteiger partial charge in [-0.15, -0.1) is 0 Å². The Morgan fingerprint density at radius 2 is 2.17 bits per heavy atom. The Labute approximate surface area is 110 Å². The summed E-state index contributed by atoms with van der Waals surface area (Å²) in [6, 6.07) is 6.13. The van der Waals surface area contributed by atoms with Crippen LogP contribution in [-0.4, -0.2) is 22.7 Å². The van der Waals surface area contributed by atoms with Crippen molar-refractivity contribution in [2.75, 3.05) is 0 Å². The molecule has 18 heavy (non-hydrogen) atoms. The maximum absolute atomic E-state index is 5.93. The molecule has 0 amide bonds. The molecule has 3 nitrogen and oxygen atoms in total. The van der Waals surface area contributed by atoms with Crippen LogP contribution >= 0.6 is 11.8 Å². The van der Waals surface area contributed by atoms with Crippen molar-refractivity contribution in [3.05, 3.63) is 36.2 Å². The fourth-order valence-corrected chi connectivity index (χ4v) is 3.53. The van der Waals surface area contributed by atoms with E-state index in [4.69, 9.17) is 7.98 Å². The van der Waals surface area contributed by atoms with Crippen molar-refractivity contribution in [2.24, 2.45) is 0 Å². The molecular weight excluding hydrogens is 241 g/mol. The van der Waals surface area contributed by atoms with Crippen molar-refractivity contribution >= 4 is 30.6 Å². The van der Waals surface area contributed by atoms with Gasteiger partial charge in [-0.3, -0.25) is 4.98 Å². The number of aromatic nitrogens is 3. The van der Waals surface area contributed by atoms with Gasteiger partial charge in [-0.2, -0.15) is 5.10 Å². The topological polar surface area (TPSA) is 30.7 Å². The van der Waals surface area contributed by atoms with Crippen LogP contribution in [0.5, 0.6) is 0 Å². The van der Waals surface area contributed by atoms with E-state index in [-0.39, 0.29) is 0 Å². The van der Waals surface area contributed by atoms with E-state index in [0.29, 0.717) is 0 Å². The molecule has 0 N–H and O–H groups in total. The van der Waals surface area contributed by atoms with Gasteiger partial charge in [-0.1, -0.05) is 17.8 Å². The molecule has 1 aromatic carbocycles. The van der Waals surface area contributed by atoms with Crippen LogP contribution in [0.2, 0.25) is 0 Å². The number of nitrogens with zero attached hydrogens (tertiary/aromatic N) is 3. The van der Waals surface area contributed by atoms with E-state index in [2.05, 4.69) is 23.1 Å². The number of aryl methyl sites for hydroxylation is 1. The average Bonchev–Trinajstić information content (AvgIpc) is 2.72. The third-order valence-corrected chi connectivity index (χ3v) is 4.58. The monoisotopic (exact) mass is 249 g/mol. The first-order valence-electron chi connectivity index (χ1n) is 5.65. The predicted octanol–water partition coefficient (Wildman–Crippen LogP) is 2.80. The van der Waals surface area contributed by atoms with Crippen LogP contribution in [0.15, 0.2) is 40.4 Å². The summed E-state index contributed by atoms with van der Waals surface area (Å²) in [6.45, 7) is 2.12. The van der Waals surface area contributed by atoms with Crippen LogP contribution in [0.1, 0.15) is 5.56 Å². The molecule has 4 rings (SSSR count). The lowest BCUT2D eigenvalue weighted by Gasteiger charge is -2.16. The maximum Gasteiger partial charge on any atom is 0.265 e. The zero-order valence-corrected chi connectivity index (χ0v) is 10.5. The van der Waals surface area contributed by atoms with E-state index in [9.17, 15) is 0 Å². The van der Waals surface area contributed by atoms with Gasteiger partial charge in [0.25, 0.3) is 7.98 Å². The minimum absolute atomic E-state index is 0.938. The third-order valence-electron chi connectivity index (χ3n) is 3.27. The SMILES string of the molecule is [B]n1nc2c3c(c(C)ccc31)Sc1ccncc1-2. The van der Waals surface area contributed by atoms with Crippen LogP contribution in [0.25, 0.3) is 22.2 Å². The van der Waals surface area contributed by atoms with Crippen LogP contribution < -0.4 is 0 Å². The normalized spacial score (nSPS) is 12.7. The fourth-order valence-electron chi connectivity index (χ4n) is 2.39. The van der Waals surface area contributed by atoms with E-state index in [1.54, 1.807) is 11.8 Å². The Hall–Kier alpha value is -1.75. The smallest absolute Gasteiger partial charge is 0.265 e. The standard InChI is InChI=1S/C13H8BN3S/c1-7-2-3-9-11-12(16-17(9)14)8-6-15-5-4-10(8)18-13(7)11/h2-6H,1H3. The minimum Gasteiger partial charge on any atom is -0.323 e. The molecule has 5 heteroatoms. The second-order valence-electron chi connectivity index (χ2n) is 4.37. The zero-order valence-electron chi connectivity index (χ0n) is 9.71. The lowest BCUT2D eigenvalue weighted by Crippen LogP contribution is -1.93. The molecule has 0 saturated heterocycles. The second-order valence-corrected chi connectivity index (χ2v) is 5.42. The Balaban J connectivity index is 2.23. The number of fused-ring (bicyclic) bond motifs is 2. The summed E-state index contributed by atoms with van der Waals surface area (Å²) in [5.74, 6) is 0. The van der Waals surface area contributed by atoms with E-state index in [1.807, 2.05) is 24.5 Å². The van der Waals surface area contributed by atoms with Crippen molar-refractivity contribution < 1.29 is 0 Å². The molecule has 2 aromatic heterocycles. The highest BCUT2D eigenvalue weighted by Gasteiger charge is 2.23. The van der Waals surface area contributed by atoms with Crippen molar-refractivity contribution in [3.63, 3.8) is 0 Å². The molecule has 1 aliphatic heterocycles. The number of rotatable bonds is 0. The van der Waals surface area contributed by atoms with Gasteiger partial charge in [0.15, 0.2) is 0 Å². The predicted molar refractivity (Wildman–Crippen MR) is 73.0 cm³/mol. The van der Waals surface area contributed by atoms with Gasteiger partial charge in [0.05, 0.1) is 5.52 Å². The molecule has 0 atom stereocenters. The lowest BCUT2D eigenvalue weighted by molar-refractivity contribution is 1.02. The summed E-state index contributed by atoms with van der Waals surface area (Å²) in [5, 5.41) is 5.59. The highest BCUT2D eigenvalue weighted by Crippen LogP contribution is 2.47. The maximum atomic E-state index is 5.93. The Bertz CT molecular complexity index is 794. The van der Waals surface area contributed by atoms with Crippen molar-refractivity contribution in [1.82, 2.24) is 14.7 Å². The van der Waals surface area contributed by atoms with Gasteiger partial charge in [-0.05, 0) is 24.6 Å². The van der Waals surface area contributed by atoms with Gasteiger partial charge in [0.1, 0.15) is 5.69 Å². The van der Waals surface area contributed by atoms with Crippen LogP contribution in [0, 0.1) is 6.92 Å². The largest absolute Gasteiger partial charge is 0.323 e. The van der Waals surface area contributed by atoms with Crippen molar-refractivity contribution in [3.8, 4) is 11.3 Å². The fraction of sp³-hybridized carbons (Fsp3) is 0.0769. The number of pyridine rings is 1. The van der Waals surface area contributed by atoms with Crippen molar-refractivity contribution in [1.29, 1.82) is 0 Å². The molecule has 0 aliphatic carbocycles.